The van der Waals surface area contributed by atoms with Gasteiger partial charge in [0.05, 0.1) is 12.2 Å². The van der Waals surface area contributed by atoms with Crippen molar-refractivity contribution in [3.8, 4) is 17.0 Å². The maximum atomic E-state index is 6.15. The second-order valence-electron chi connectivity index (χ2n) is 12.1. The summed E-state index contributed by atoms with van der Waals surface area (Å²) >= 11 is 0. The molecule has 0 aliphatic heterocycles. The minimum Gasteiger partial charge on any atom is -0.474 e. The zero-order chi connectivity index (χ0) is 29.5. The average Bonchev–Trinajstić information content (AvgIpc) is 3.23. The number of allylic oxidation sites excluding steroid dienone is 1. The molecule has 2 heterocycles. The molecular formula is C37H50N2O3. The van der Waals surface area contributed by atoms with E-state index in [4.69, 9.17) is 14.2 Å². The van der Waals surface area contributed by atoms with E-state index in [9.17, 15) is 0 Å². The van der Waals surface area contributed by atoms with E-state index in [1.54, 1.807) is 0 Å². The van der Waals surface area contributed by atoms with Gasteiger partial charge in [0.1, 0.15) is 6.10 Å². The van der Waals surface area contributed by atoms with Crippen molar-refractivity contribution in [3.05, 3.63) is 73.1 Å². The van der Waals surface area contributed by atoms with Crippen molar-refractivity contribution in [2.45, 2.75) is 83.5 Å². The third kappa shape index (κ3) is 7.07. The van der Waals surface area contributed by atoms with Gasteiger partial charge in [-0.3, -0.25) is 0 Å². The summed E-state index contributed by atoms with van der Waals surface area (Å²) in [5.74, 6) is 2.34. The van der Waals surface area contributed by atoms with Crippen LogP contribution in [0.2, 0.25) is 0 Å². The molecule has 0 saturated heterocycles. The fourth-order valence-electron chi connectivity index (χ4n) is 6.47. The lowest BCUT2D eigenvalue weighted by atomic mass is 9.72. The zero-order valence-electron chi connectivity index (χ0n) is 25.8. The number of nitrogens with zero attached hydrogens (tertiary/aromatic N) is 2. The number of ether oxygens (including phenoxy) is 3. The predicted molar refractivity (Wildman–Crippen MR) is 177 cm³/mol. The highest BCUT2D eigenvalue weighted by Crippen LogP contribution is 2.39. The van der Waals surface area contributed by atoms with Crippen molar-refractivity contribution >= 4 is 23.1 Å². The third-order valence-corrected chi connectivity index (χ3v) is 9.20. The number of pyridine rings is 1. The normalized spacial score (nSPS) is 22.5. The lowest BCUT2D eigenvalue weighted by molar-refractivity contribution is -0.0688. The van der Waals surface area contributed by atoms with Gasteiger partial charge in [-0.1, -0.05) is 43.9 Å². The molecule has 0 bridgehead atoms. The number of hydrogen-bond donors (Lipinski definition) is 0. The molecule has 0 N–H and O–H groups in total. The number of aromatic nitrogens is 2. The van der Waals surface area contributed by atoms with E-state index >= 15 is 0 Å². The van der Waals surface area contributed by atoms with Gasteiger partial charge in [-0.15, -0.1) is 6.58 Å². The van der Waals surface area contributed by atoms with Crippen LogP contribution in [0.15, 0.2) is 61.8 Å². The number of rotatable bonds is 16. The smallest absolute Gasteiger partial charge is 0.213 e. The van der Waals surface area contributed by atoms with Gasteiger partial charge in [-0.05, 0) is 81.1 Å². The van der Waals surface area contributed by atoms with Crippen LogP contribution in [0.25, 0.3) is 34.2 Å². The minimum absolute atomic E-state index is 0. The molecular weight excluding hydrogens is 520 g/mol. The van der Waals surface area contributed by atoms with Crippen molar-refractivity contribution in [1.29, 1.82) is 0 Å². The first-order valence-electron chi connectivity index (χ1n) is 15.9. The summed E-state index contributed by atoms with van der Waals surface area (Å²) < 4.78 is 20.5. The Morgan fingerprint density at radius 3 is 2.45 bits per heavy atom. The van der Waals surface area contributed by atoms with Crippen LogP contribution < -0.4 is 4.74 Å². The molecule has 42 heavy (non-hydrogen) atoms. The molecule has 2 aliphatic rings. The maximum absolute atomic E-state index is 6.15. The van der Waals surface area contributed by atoms with E-state index in [-0.39, 0.29) is 7.53 Å². The highest BCUT2D eigenvalue weighted by Gasteiger charge is 2.33. The molecule has 3 aromatic rings. The highest BCUT2D eigenvalue weighted by molar-refractivity contribution is 5.96. The fourth-order valence-corrected chi connectivity index (χ4v) is 6.47. The summed E-state index contributed by atoms with van der Waals surface area (Å²) in [5.41, 5.74) is 5.74. The SMILES string of the molecule is C=CCC(CC)OCCC1CC(CCOC2CC(Oc3ccc(-c4ccc5c(C=C)c(/C=C\C)n(C)c5c4)cn3)C2)C1.[HH]. The summed E-state index contributed by atoms with van der Waals surface area (Å²) in [4.78, 5) is 4.62. The van der Waals surface area contributed by atoms with Crippen LogP contribution in [-0.4, -0.2) is 41.1 Å². The number of benzene rings is 1. The number of aryl methyl sites for hydroxylation is 1. The van der Waals surface area contributed by atoms with Crippen molar-refractivity contribution in [2.75, 3.05) is 13.2 Å². The Bertz CT molecular complexity index is 1370. The summed E-state index contributed by atoms with van der Waals surface area (Å²) in [6.45, 7) is 13.8. The molecule has 0 spiro atoms. The highest BCUT2D eigenvalue weighted by atomic mass is 16.5. The molecule has 1 unspecified atom stereocenters. The molecule has 5 nitrogen and oxygen atoms in total. The first-order chi connectivity index (χ1) is 20.5. The summed E-state index contributed by atoms with van der Waals surface area (Å²) in [7, 11) is 2.11. The monoisotopic (exact) mass is 570 g/mol. The van der Waals surface area contributed by atoms with Crippen molar-refractivity contribution in [1.82, 2.24) is 9.55 Å². The Kier molecular flexibility index (Phi) is 10.4. The summed E-state index contributed by atoms with van der Waals surface area (Å²) in [6, 6.07) is 10.7. The molecule has 0 radical (unpaired) electrons. The second-order valence-corrected chi connectivity index (χ2v) is 12.1. The van der Waals surface area contributed by atoms with Crippen LogP contribution in [-0.2, 0) is 16.5 Å². The molecule has 2 saturated carbocycles. The minimum atomic E-state index is 0. The fraction of sp³-hybridized carbons (Fsp3) is 0.486. The van der Waals surface area contributed by atoms with Gasteiger partial charge >= 0.3 is 0 Å². The molecule has 2 fully saturated rings. The zero-order valence-corrected chi connectivity index (χ0v) is 25.8. The maximum Gasteiger partial charge on any atom is 0.213 e. The van der Waals surface area contributed by atoms with Gasteiger partial charge < -0.3 is 18.8 Å². The predicted octanol–water partition coefficient (Wildman–Crippen LogP) is 9.27. The van der Waals surface area contributed by atoms with Gasteiger partial charge in [0.25, 0.3) is 0 Å². The Morgan fingerprint density at radius 2 is 1.79 bits per heavy atom. The Morgan fingerprint density at radius 1 is 1.02 bits per heavy atom. The molecule has 2 aliphatic carbocycles. The Balaban J connectivity index is 0.00000423. The van der Waals surface area contributed by atoms with Crippen LogP contribution in [0.1, 0.15) is 77.9 Å². The molecule has 1 aromatic carbocycles. The third-order valence-electron chi connectivity index (χ3n) is 9.20. The van der Waals surface area contributed by atoms with E-state index in [1.165, 1.54) is 47.8 Å². The molecule has 5 heteroatoms. The molecule has 5 rings (SSSR count). The quantitative estimate of drug-likeness (QED) is 0.161. The molecule has 0 amide bonds. The first kappa shape index (κ1) is 30.3. The van der Waals surface area contributed by atoms with Gasteiger partial charge in [0, 0.05) is 74.5 Å². The first-order valence-corrected chi connectivity index (χ1v) is 15.9. The van der Waals surface area contributed by atoms with Crippen LogP contribution in [0.3, 0.4) is 0 Å². The number of hydrogen-bond acceptors (Lipinski definition) is 4. The van der Waals surface area contributed by atoms with E-state index in [1.807, 2.05) is 31.3 Å². The van der Waals surface area contributed by atoms with Crippen molar-refractivity contribution < 1.29 is 15.6 Å². The topological polar surface area (TPSA) is 45.5 Å². The van der Waals surface area contributed by atoms with Crippen LogP contribution >= 0.6 is 0 Å². The lowest BCUT2D eigenvalue weighted by Gasteiger charge is -2.38. The standard InChI is InChI=1S/C37H48N2O3.H2/c1-6-10-30(8-3)40-18-16-26-20-27(21-26)17-19-41-31-23-32(24-31)42-37-15-13-29(25-38-37)28-12-14-34-33(9-4)35(11-7-2)39(5)36(34)22-28;/h6-7,9,11-15,22,25-27,30-32H,1,4,8,10,16-21,23-24H2,2-3,5H3;1H/b11-7-;. The Labute approximate surface area is 253 Å². The average molecular weight is 571 g/mol. The molecule has 226 valence electrons. The second kappa shape index (κ2) is 14.3. The van der Waals surface area contributed by atoms with E-state index in [2.05, 4.69) is 73.1 Å². The van der Waals surface area contributed by atoms with Crippen molar-refractivity contribution in [3.63, 3.8) is 0 Å². The number of fused-ring (bicyclic) bond motifs is 1. The van der Waals surface area contributed by atoms with Crippen LogP contribution in [0.5, 0.6) is 5.88 Å². The van der Waals surface area contributed by atoms with Gasteiger partial charge in [0.2, 0.25) is 5.88 Å². The van der Waals surface area contributed by atoms with Gasteiger partial charge in [-0.25, -0.2) is 4.98 Å². The van der Waals surface area contributed by atoms with Crippen LogP contribution in [0, 0.1) is 11.8 Å². The van der Waals surface area contributed by atoms with E-state index in [0.717, 1.165) is 61.9 Å². The molecule has 2 aromatic heterocycles. The van der Waals surface area contributed by atoms with Gasteiger partial charge in [0.15, 0.2) is 0 Å². The Hall–Kier alpha value is -3.15. The van der Waals surface area contributed by atoms with Gasteiger partial charge in [-0.2, -0.15) is 0 Å². The largest absolute Gasteiger partial charge is 0.474 e. The summed E-state index contributed by atoms with van der Waals surface area (Å²) in [6.07, 6.45) is 19.8. The van der Waals surface area contributed by atoms with Crippen molar-refractivity contribution in [2.24, 2.45) is 18.9 Å². The molecule has 1 atom stereocenters. The van der Waals surface area contributed by atoms with E-state index in [0.29, 0.717) is 18.1 Å². The van der Waals surface area contributed by atoms with E-state index < -0.39 is 0 Å². The van der Waals surface area contributed by atoms with Crippen LogP contribution in [0.4, 0.5) is 0 Å². The lowest BCUT2D eigenvalue weighted by Crippen LogP contribution is -2.40. The summed E-state index contributed by atoms with van der Waals surface area (Å²) in [5, 5.41) is 1.21.